The SMILES string of the molecule is Cc1ccccc1.N/C(=C\Cc1cccc2c1C1=C(CCC(c3ccc(-n4c5ccccc5c5ccccc54)cc3)=C1)C21c2ccccc2-n2c3ccccc3c3cccc1c32)c1ccccc1. The van der Waals surface area contributed by atoms with E-state index in [0.29, 0.717) is 0 Å². The fourth-order valence-electron chi connectivity index (χ4n) is 12.0. The third-order valence-electron chi connectivity index (χ3n) is 14.9. The monoisotopic (exact) mass is 871 g/mol. The van der Waals surface area contributed by atoms with E-state index < -0.39 is 5.41 Å². The van der Waals surface area contributed by atoms with Crippen molar-refractivity contribution in [1.29, 1.82) is 0 Å². The summed E-state index contributed by atoms with van der Waals surface area (Å²) in [6.45, 7) is 2.08. The fraction of sp³-hybridized carbons (Fsp3) is 0.0769. The lowest BCUT2D eigenvalue weighted by Gasteiger charge is -2.41. The van der Waals surface area contributed by atoms with Crippen molar-refractivity contribution in [3.8, 4) is 11.4 Å². The zero-order valence-electron chi connectivity index (χ0n) is 38.0. The lowest BCUT2D eigenvalue weighted by molar-refractivity contribution is 0.686. The largest absolute Gasteiger partial charge is 0.398 e. The quantitative estimate of drug-likeness (QED) is 0.184. The minimum atomic E-state index is -0.446. The summed E-state index contributed by atoms with van der Waals surface area (Å²) in [4.78, 5) is 0. The van der Waals surface area contributed by atoms with E-state index in [2.05, 4.69) is 222 Å². The molecule has 0 radical (unpaired) electrons. The van der Waals surface area contributed by atoms with Crippen LogP contribution in [0.25, 0.3) is 71.8 Å². The van der Waals surface area contributed by atoms with Crippen LogP contribution in [0.4, 0.5) is 0 Å². The van der Waals surface area contributed by atoms with Crippen molar-refractivity contribution in [3.05, 3.63) is 281 Å². The van der Waals surface area contributed by atoms with E-state index in [4.69, 9.17) is 5.73 Å². The smallest absolute Gasteiger partial charge is 0.0717 e. The van der Waals surface area contributed by atoms with Gasteiger partial charge in [0.05, 0.1) is 33.2 Å². The van der Waals surface area contributed by atoms with Gasteiger partial charge < -0.3 is 14.9 Å². The van der Waals surface area contributed by atoms with Crippen LogP contribution in [0.15, 0.2) is 236 Å². The number of hydrogen-bond donors (Lipinski definition) is 1. The van der Waals surface area contributed by atoms with Gasteiger partial charge in [0.2, 0.25) is 0 Å². The van der Waals surface area contributed by atoms with Crippen molar-refractivity contribution >= 4 is 60.5 Å². The van der Waals surface area contributed by atoms with Crippen LogP contribution < -0.4 is 5.73 Å². The molecule has 0 saturated carbocycles. The van der Waals surface area contributed by atoms with Crippen LogP contribution in [0.3, 0.4) is 0 Å². The molecule has 3 aliphatic rings. The number of aromatic nitrogens is 2. The van der Waals surface area contributed by atoms with Gasteiger partial charge in [-0.3, -0.25) is 0 Å². The highest BCUT2D eigenvalue weighted by Crippen LogP contribution is 2.63. The molecule has 3 nitrogen and oxygen atoms in total. The third-order valence-corrected chi connectivity index (χ3v) is 14.9. The van der Waals surface area contributed by atoms with Gasteiger partial charge >= 0.3 is 0 Å². The normalized spacial score (nSPS) is 15.9. The Bertz CT molecular complexity index is 3830. The molecule has 0 fully saturated rings. The summed E-state index contributed by atoms with van der Waals surface area (Å²) in [6.07, 6.45) is 7.41. The predicted octanol–water partition coefficient (Wildman–Crippen LogP) is 15.7. The van der Waals surface area contributed by atoms with Crippen LogP contribution in [-0.2, 0) is 11.8 Å². The van der Waals surface area contributed by atoms with E-state index in [1.54, 1.807) is 0 Å². The first kappa shape index (κ1) is 39.9. The fourth-order valence-corrected chi connectivity index (χ4v) is 12.0. The summed E-state index contributed by atoms with van der Waals surface area (Å²) in [7, 11) is 0. The maximum absolute atomic E-state index is 6.80. The summed E-state index contributed by atoms with van der Waals surface area (Å²) in [5.41, 5.74) is 29.3. The average molecular weight is 872 g/mol. The van der Waals surface area contributed by atoms with E-state index in [-0.39, 0.29) is 0 Å². The Morgan fingerprint density at radius 2 is 1.07 bits per heavy atom. The van der Waals surface area contributed by atoms with Gasteiger partial charge in [-0.2, -0.15) is 0 Å². The molecule has 1 unspecified atom stereocenters. The van der Waals surface area contributed by atoms with Gasteiger partial charge in [0.1, 0.15) is 0 Å². The van der Waals surface area contributed by atoms with E-state index in [1.165, 1.54) is 111 Å². The Labute approximate surface area is 397 Å². The van der Waals surface area contributed by atoms with Crippen molar-refractivity contribution in [2.24, 2.45) is 5.73 Å². The molecule has 1 spiro atoms. The summed E-state index contributed by atoms with van der Waals surface area (Å²) >= 11 is 0. The Balaban J connectivity index is 0.000000602. The Morgan fingerprint density at radius 3 is 1.76 bits per heavy atom. The first-order valence-electron chi connectivity index (χ1n) is 23.9. The zero-order valence-corrected chi connectivity index (χ0v) is 38.0. The van der Waals surface area contributed by atoms with Crippen LogP contribution in [0, 0.1) is 6.92 Å². The summed E-state index contributed by atoms with van der Waals surface area (Å²) in [5, 5.41) is 5.16. The molecule has 2 aliphatic carbocycles. The van der Waals surface area contributed by atoms with Crippen molar-refractivity contribution in [1.82, 2.24) is 9.13 Å². The molecule has 2 aromatic heterocycles. The van der Waals surface area contributed by atoms with E-state index >= 15 is 0 Å². The first-order valence-corrected chi connectivity index (χ1v) is 23.9. The van der Waals surface area contributed by atoms with Crippen molar-refractivity contribution in [2.45, 2.75) is 31.6 Å². The van der Waals surface area contributed by atoms with E-state index in [0.717, 1.165) is 30.5 Å². The topological polar surface area (TPSA) is 35.9 Å². The third kappa shape index (κ3) is 5.98. The lowest BCUT2D eigenvalue weighted by Crippen LogP contribution is -2.35. The number of nitrogens with two attached hydrogens (primary N) is 1. The van der Waals surface area contributed by atoms with E-state index in [1.807, 2.05) is 24.3 Å². The van der Waals surface area contributed by atoms with Crippen molar-refractivity contribution in [3.63, 3.8) is 0 Å². The predicted molar refractivity (Wildman–Crippen MR) is 286 cm³/mol. The van der Waals surface area contributed by atoms with Gasteiger partial charge in [0, 0.05) is 32.9 Å². The van der Waals surface area contributed by atoms with Gasteiger partial charge in [-0.1, -0.05) is 200 Å². The molecule has 0 amide bonds. The van der Waals surface area contributed by atoms with Gasteiger partial charge in [-0.25, -0.2) is 0 Å². The second kappa shape index (κ2) is 15.9. The number of aryl methyl sites for hydroxylation is 1. The van der Waals surface area contributed by atoms with Crippen LogP contribution >= 0.6 is 0 Å². The van der Waals surface area contributed by atoms with Gasteiger partial charge in [-0.05, 0) is 118 Å². The molecule has 324 valence electrons. The number of rotatable bonds is 5. The molecule has 14 rings (SSSR count). The van der Waals surface area contributed by atoms with Crippen LogP contribution in [0.1, 0.15) is 57.3 Å². The zero-order chi connectivity index (χ0) is 45.3. The molecular weight excluding hydrogens is 823 g/mol. The molecule has 1 atom stereocenters. The highest BCUT2D eigenvalue weighted by molar-refractivity contribution is 6.13. The molecular formula is C65H49N3. The molecule has 9 aromatic carbocycles. The Kier molecular flexibility index (Phi) is 9.33. The molecule has 0 bridgehead atoms. The molecule has 2 N–H and O–H groups in total. The average Bonchev–Trinajstić information content (AvgIpc) is 4.03. The van der Waals surface area contributed by atoms with Crippen molar-refractivity contribution in [2.75, 3.05) is 0 Å². The highest BCUT2D eigenvalue weighted by atomic mass is 15.0. The number of fused-ring (bicyclic) bond motifs is 14. The van der Waals surface area contributed by atoms with Gasteiger partial charge in [0.25, 0.3) is 0 Å². The van der Waals surface area contributed by atoms with Gasteiger partial charge in [-0.15, -0.1) is 0 Å². The molecule has 3 heteroatoms. The Hall–Kier alpha value is -8.40. The minimum Gasteiger partial charge on any atom is -0.398 e. The summed E-state index contributed by atoms with van der Waals surface area (Å²) < 4.78 is 4.94. The van der Waals surface area contributed by atoms with E-state index in [9.17, 15) is 0 Å². The maximum Gasteiger partial charge on any atom is 0.0717 e. The summed E-state index contributed by atoms with van der Waals surface area (Å²) in [6, 6.07) is 79.6. The van der Waals surface area contributed by atoms with Crippen molar-refractivity contribution < 1.29 is 0 Å². The number of hydrogen-bond acceptors (Lipinski definition) is 1. The van der Waals surface area contributed by atoms with Crippen LogP contribution in [0.2, 0.25) is 0 Å². The Morgan fingerprint density at radius 1 is 0.515 bits per heavy atom. The number of allylic oxidation sites excluding steroid dienone is 5. The maximum atomic E-state index is 6.80. The lowest BCUT2D eigenvalue weighted by atomic mass is 9.63. The highest BCUT2D eigenvalue weighted by Gasteiger charge is 2.52. The molecule has 1 aliphatic heterocycles. The van der Waals surface area contributed by atoms with Crippen LogP contribution in [0.5, 0.6) is 0 Å². The molecule has 3 heterocycles. The second-order valence-electron chi connectivity index (χ2n) is 18.5. The second-order valence-corrected chi connectivity index (χ2v) is 18.5. The first-order chi connectivity index (χ1) is 33.6. The molecule has 11 aromatic rings. The molecule has 68 heavy (non-hydrogen) atoms. The van der Waals surface area contributed by atoms with Gasteiger partial charge in [0.15, 0.2) is 0 Å². The molecule has 0 saturated heterocycles. The standard InChI is InChI=1S/C58H41N3.C7H8/c59-51(38-14-2-1-3-15-38)35-31-39-16-12-22-49-56(39)46-36-40(37-28-32-41(33-29-37)60-52-24-8-4-17-42(52)43-18-5-9-25-53(43)60)30-34-47(46)58(49)48-21-7-11-27-55(48)61-54-26-10-6-19-44(54)45-20-13-23-50(58)57(45)61;1-7-5-3-2-4-6-7/h1-29,32-33,35-36H,30-31,34,59H2;2-6H,1H3/b51-35-;. The number of benzene rings is 9. The number of nitrogens with zero attached hydrogens (tertiary/aromatic N) is 2. The minimum absolute atomic E-state index is 0.446. The number of para-hydroxylation sites is 5. The summed E-state index contributed by atoms with van der Waals surface area (Å²) in [5.74, 6) is 0. The van der Waals surface area contributed by atoms with Crippen LogP contribution in [-0.4, -0.2) is 9.13 Å².